The normalized spacial score (nSPS) is 12.9. The molecule has 1 aliphatic rings. The van der Waals surface area contributed by atoms with Crippen molar-refractivity contribution < 1.29 is 0 Å². The summed E-state index contributed by atoms with van der Waals surface area (Å²) in [4.78, 5) is 10.2. The van der Waals surface area contributed by atoms with Crippen molar-refractivity contribution in [2.24, 2.45) is 0 Å². The van der Waals surface area contributed by atoms with E-state index in [9.17, 15) is 0 Å². The minimum atomic E-state index is -0.0817. The molecule has 1 aliphatic carbocycles. The van der Waals surface area contributed by atoms with Crippen LogP contribution in [0.3, 0.4) is 0 Å². The van der Waals surface area contributed by atoms with Crippen molar-refractivity contribution >= 4 is 10.8 Å². The van der Waals surface area contributed by atoms with Crippen molar-refractivity contribution in [1.29, 1.82) is 0 Å². The van der Waals surface area contributed by atoms with Gasteiger partial charge in [0.05, 0.1) is 11.4 Å². The van der Waals surface area contributed by atoms with Crippen LogP contribution >= 0.6 is 0 Å². The first-order valence-electron chi connectivity index (χ1n) is 16.9. The Morgan fingerprint density at radius 2 is 0.898 bits per heavy atom. The van der Waals surface area contributed by atoms with Gasteiger partial charge in [0.2, 0.25) is 0 Å². The molecule has 0 radical (unpaired) electrons. The Kier molecular flexibility index (Phi) is 6.84. The summed E-state index contributed by atoms with van der Waals surface area (Å²) >= 11 is 0. The van der Waals surface area contributed by atoms with Crippen molar-refractivity contribution in [3.63, 3.8) is 0 Å². The maximum Gasteiger partial charge on any atom is 0.160 e. The van der Waals surface area contributed by atoms with Crippen LogP contribution in [0.5, 0.6) is 0 Å². The summed E-state index contributed by atoms with van der Waals surface area (Å²) in [5, 5.41) is 2.36. The molecule has 1 aromatic heterocycles. The minimum absolute atomic E-state index is 0.0817. The highest BCUT2D eigenvalue weighted by atomic mass is 14.9. The minimum Gasteiger partial charge on any atom is -0.228 e. The molecule has 0 aliphatic heterocycles. The Morgan fingerprint density at radius 3 is 1.67 bits per heavy atom. The van der Waals surface area contributed by atoms with E-state index in [4.69, 9.17) is 9.97 Å². The zero-order valence-electron chi connectivity index (χ0n) is 27.6. The molecule has 0 saturated heterocycles. The third-order valence-corrected chi connectivity index (χ3v) is 10.1. The van der Waals surface area contributed by atoms with Crippen LogP contribution in [-0.4, -0.2) is 9.97 Å². The maximum atomic E-state index is 5.16. The fourth-order valence-electron chi connectivity index (χ4n) is 7.78. The maximum absolute atomic E-state index is 5.16. The Hall–Kier alpha value is -6.12. The van der Waals surface area contributed by atoms with Crippen LogP contribution in [0.4, 0.5) is 0 Å². The summed E-state index contributed by atoms with van der Waals surface area (Å²) in [5.41, 5.74) is 15.3. The van der Waals surface area contributed by atoms with Crippen LogP contribution in [0.2, 0.25) is 0 Å². The first kappa shape index (κ1) is 29.1. The van der Waals surface area contributed by atoms with Crippen LogP contribution in [0.25, 0.3) is 78.1 Å². The number of hydrogen-bond acceptors (Lipinski definition) is 2. The largest absolute Gasteiger partial charge is 0.228 e. The summed E-state index contributed by atoms with van der Waals surface area (Å²) < 4.78 is 0. The van der Waals surface area contributed by atoms with E-state index in [1.807, 2.05) is 24.3 Å². The number of aromatic nitrogens is 2. The molecule has 0 unspecified atom stereocenters. The van der Waals surface area contributed by atoms with Gasteiger partial charge in [0.15, 0.2) is 5.82 Å². The van der Waals surface area contributed by atoms with Crippen LogP contribution in [0, 0.1) is 0 Å². The molecule has 2 nitrogen and oxygen atoms in total. The predicted octanol–water partition coefficient (Wildman–Crippen LogP) is 12.3. The summed E-state index contributed by atoms with van der Waals surface area (Å²) in [7, 11) is 0. The van der Waals surface area contributed by atoms with E-state index in [0.717, 1.165) is 33.9 Å². The zero-order valence-corrected chi connectivity index (χ0v) is 27.6. The number of benzene rings is 7. The molecule has 0 spiro atoms. The molecule has 0 amide bonds. The van der Waals surface area contributed by atoms with Crippen molar-refractivity contribution in [2.45, 2.75) is 19.3 Å². The number of hydrogen-bond donors (Lipinski definition) is 0. The van der Waals surface area contributed by atoms with E-state index >= 15 is 0 Å². The van der Waals surface area contributed by atoms with Crippen LogP contribution in [0.15, 0.2) is 170 Å². The summed E-state index contributed by atoms with van der Waals surface area (Å²) in [6, 6.07) is 60.6. The Morgan fingerprint density at radius 1 is 0.367 bits per heavy atom. The molecule has 2 heteroatoms. The number of rotatable bonds is 5. The first-order valence-corrected chi connectivity index (χ1v) is 16.9. The van der Waals surface area contributed by atoms with E-state index in [2.05, 4.69) is 159 Å². The monoisotopic (exact) mass is 626 g/mol. The fraction of sp³-hybridized carbons (Fsp3) is 0.0638. The lowest BCUT2D eigenvalue weighted by Crippen LogP contribution is -2.16. The van der Waals surface area contributed by atoms with Gasteiger partial charge in [-0.25, -0.2) is 9.97 Å². The van der Waals surface area contributed by atoms with Gasteiger partial charge < -0.3 is 0 Å². The average molecular weight is 627 g/mol. The second-order valence-electron chi connectivity index (χ2n) is 13.4. The molecule has 9 rings (SSSR count). The van der Waals surface area contributed by atoms with Crippen molar-refractivity contribution in [2.75, 3.05) is 0 Å². The van der Waals surface area contributed by atoms with E-state index in [0.29, 0.717) is 0 Å². The van der Waals surface area contributed by atoms with Gasteiger partial charge in [-0.05, 0) is 67.4 Å². The van der Waals surface area contributed by atoms with E-state index < -0.39 is 0 Å². The van der Waals surface area contributed by atoms with Gasteiger partial charge in [-0.15, -0.1) is 0 Å². The van der Waals surface area contributed by atoms with Gasteiger partial charge in [-0.2, -0.15) is 0 Å². The lowest BCUT2D eigenvalue weighted by atomic mass is 9.78. The molecule has 49 heavy (non-hydrogen) atoms. The number of fused-ring (bicyclic) bond motifs is 4. The summed E-state index contributed by atoms with van der Waals surface area (Å²) in [6.45, 7) is 4.72. The summed E-state index contributed by atoms with van der Waals surface area (Å²) in [5.74, 6) is 0.721. The Bertz CT molecular complexity index is 2450. The van der Waals surface area contributed by atoms with Crippen LogP contribution in [0.1, 0.15) is 25.0 Å². The Labute approximate surface area is 287 Å². The molecule has 0 atom stereocenters. The molecular weight excluding hydrogens is 593 g/mol. The quantitative estimate of drug-likeness (QED) is 0.190. The highest BCUT2D eigenvalue weighted by Gasteiger charge is 2.37. The molecule has 0 bridgehead atoms. The predicted molar refractivity (Wildman–Crippen MR) is 204 cm³/mol. The molecule has 7 aromatic carbocycles. The molecule has 8 aromatic rings. The van der Waals surface area contributed by atoms with Gasteiger partial charge in [0.25, 0.3) is 0 Å². The lowest BCUT2D eigenvalue weighted by molar-refractivity contribution is 0.662. The van der Waals surface area contributed by atoms with Crippen molar-refractivity contribution in [3.8, 4) is 67.3 Å². The van der Waals surface area contributed by atoms with Gasteiger partial charge in [0, 0.05) is 22.1 Å². The molecular formula is C47H34N2. The smallest absolute Gasteiger partial charge is 0.160 e. The highest BCUT2D eigenvalue weighted by molar-refractivity contribution is 6.05. The second-order valence-corrected chi connectivity index (χ2v) is 13.4. The second kappa shape index (κ2) is 11.5. The van der Waals surface area contributed by atoms with Gasteiger partial charge in [-0.1, -0.05) is 172 Å². The Balaban J connectivity index is 1.19. The third-order valence-electron chi connectivity index (χ3n) is 10.1. The topological polar surface area (TPSA) is 25.8 Å². The van der Waals surface area contributed by atoms with Crippen molar-refractivity contribution in [1.82, 2.24) is 9.97 Å². The SMILES string of the molecule is CC1(C)c2ccccc2-c2cccc(-c3cccc(-c4ccc(-c5cc(-c6ccccc6)nc(-c6ccccc6)n5)c5ccccc45)c3)c21. The molecule has 1 heterocycles. The molecule has 232 valence electrons. The molecule has 0 fully saturated rings. The lowest BCUT2D eigenvalue weighted by Gasteiger charge is -2.24. The average Bonchev–Trinajstić information content (AvgIpc) is 3.41. The van der Waals surface area contributed by atoms with E-state index in [-0.39, 0.29) is 5.41 Å². The van der Waals surface area contributed by atoms with Crippen LogP contribution in [-0.2, 0) is 5.41 Å². The van der Waals surface area contributed by atoms with Gasteiger partial charge in [0.1, 0.15) is 0 Å². The zero-order chi connectivity index (χ0) is 33.0. The highest BCUT2D eigenvalue weighted by Crippen LogP contribution is 2.52. The molecule has 0 N–H and O–H groups in total. The van der Waals surface area contributed by atoms with E-state index in [1.165, 1.54) is 55.3 Å². The van der Waals surface area contributed by atoms with Gasteiger partial charge in [-0.3, -0.25) is 0 Å². The third kappa shape index (κ3) is 4.88. The summed E-state index contributed by atoms with van der Waals surface area (Å²) in [6.07, 6.45) is 0. The number of nitrogens with zero attached hydrogens (tertiary/aromatic N) is 2. The van der Waals surface area contributed by atoms with Gasteiger partial charge >= 0.3 is 0 Å². The van der Waals surface area contributed by atoms with E-state index in [1.54, 1.807) is 0 Å². The van der Waals surface area contributed by atoms with Crippen LogP contribution < -0.4 is 0 Å². The first-order chi connectivity index (χ1) is 24.1. The fourth-order valence-corrected chi connectivity index (χ4v) is 7.78. The standard InChI is InChI=1S/C47H34N2/c1-47(2)42-26-12-11-23-39(42)41-25-14-24-36(45(41)47)34-20-13-19-33(29-34)35-27-28-40(38-22-10-9-21-37(35)38)44-30-43(31-15-5-3-6-16-31)48-46(49-44)32-17-7-4-8-18-32/h3-30H,1-2H3. The molecule has 0 saturated carbocycles. The van der Waals surface area contributed by atoms with Crippen molar-refractivity contribution in [3.05, 3.63) is 181 Å².